The van der Waals surface area contributed by atoms with Crippen LogP contribution in [0.25, 0.3) is 16.6 Å². The van der Waals surface area contributed by atoms with Gasteiger partial charge in [0.1, 0.15) is 11.4 Å². The number of hydrogen-bond donors (Lipinski definition) is 2. The molecular formula is C21H17F4N3O3. The normalized spacial score (nSPS) is 14.8. The van der Waals surface area contributed by atoms with Crippen molar-refractivity contribution in [3.05, 3.63) is 69.8 Å². The molecule has 6 nitrogen and oxygen atoms in total. The number of carboxylic acid groups (broad SMARTS) is 1. The number of benzene rings is 2. The van der Waals surface area contributed by atoms with Gasteiger partial charge in [-0.15, -0.1) is 0 Å². The highest BCUT2D eigenvalue weighted by molar-refractivity contribution is 5.94. The number of fused-ring (bicyclic) bond motifs is 1. The summed E-state index contributed by atoms with van der Waals surface area (Å²) in [4.78, 5) is 26.0. The van der Waals surface area contributed by atoms with Crippen molar-refractivity contribution in [3.63, 3.8) is 0 Å². The Bertz CT molecular complexity index is 1230. The highest BCUT2D eigenvalue weighted by atomic mass is 19.4. The first-order valence-corrected chi connectivity index (χ1v) is 9.43. The molecule has 3 aromatic rings. The van der Waals surface area contributed by atoms with Crippen LogP contribution in [0.5, 0.6) is 0 Å². The largest absolute Gasteiger partial charge is 0.477 e. The number of para-hydroxylation sites is 1. The summed E-state index contributed by atoms with van der Waals surface area (Å²) in [6.45, 7) is 2.14. The number of hydrogen-bond acceptors (Lipinski definition) is 4. The lowest BCUT2D eigenvalue weighted by atomic mass is 10.1. The van der Waals surface area contributed by atoms with E-state index in [4.69, 9.17) is 0 Å². The van der Waals surface area contributed by atoms with Gasteiger partial charge in [-0.25, -0.2) is 9.18 Å². The second-order valence-electron chi connectivity index (χ2n) is 7.12. The number of piperazine rings is 1. The minimum absolute atomic E-state index is 0.0124. The van der Waals surface area contributed by atoms with Gasteiger partial charge in [0.05, 0.1) is 22.5 Å². The predicted octanol–water partition coefficient (Wildman–Crippen LogP) is 3.26. The number of rotatable bonds is 3. The maximum atomic E-state index is 14.9. The molecule has 1 aliphatic rings. The number of carboxylic acids is 1. The molecule has 0 atom stereocenters. The monoisotopic (exact) mass is 435 g/mol. The molecule has 0 unspecified atom stereocenters. The third-order valence-electron chi connectivity index (χ3n) is 5.23. The van der Waals surface area contributed by atoms with Crippen LogP contribution in [0, 0.1) is 5.82 Å². The maximum absolute atomic E-state index is 14.9. The fourth-order valence-corrected chi connectivity index (χ4v) is 3.76. The lowest BCUT2D eigenvalue weighted by molar-refractivity contribution is -0.137. The average molecular weight is 435 g/mol. The van der Waals surface area contributed by atoms with Gasteiger partial charge in [-0.3, -0.25) is 4.79 Å². The Balaban J connectivity index is 2.08. The van der Waals surface area contributed by atoms with Crippen LogP contribution in [-0.2, 0) is 6.18 Å². The zero-order valence-electron chi connectivity index (χ0n) is 16.0. The van der Waals surface area contributed by atoms with E-state index in [0.717, 1.165) is 22.9 Å². The van der Waals surface area contributed by atoms with Gasteiger partial charge in [-0.1, -0.05) is 12.1 Å². The number of carbonyl (C=O) groups is 1. The van der Waals surface area contributed by atoms with Crippen molar-refractivity contribution in [2.45, 2.75) is 6.18 Å². The summed E-state index contributed by atoms with van der Waals surface area (Å²) in [5.74, 6) is -2.36. The first-order valence-electron chi connectivity index (χ1n) is 9.43. The number of nitrogens with one attached hydrogen (secondary N) is 1. The summed E-state index contributed by atoms with van der Waals surface area (Å²) < 4.78 is 56.8. The minimum Gasteiger partial charge on any atom is -0.477 e. The highest BCUT2D eigenvalue weighted by Crippen LogP contribution is 2.35. The number of alkyl halides is 3. The summed E-state index contributed by atoms with van der Waals surface area (Å²) >= 11 is 0. The van der Waals surface area contributed by atoms with Crippen LogP contribution in [0.3, 0.4) is 0 Å². The molecule has 0 radical (unpaired) electrons. The zero-order chi connectivity index (χ0) is 22.3. The van der Waals surface area contributed by atoms with E-state index in [1.54, 1.807) is 4.90 Å². The van der Waals surface area contributed by atoms with E-state index in [1.165, 1.54) is 24.3 Å². The van der Waals surface area contributed by atoms with Crippen molar-refractivity contribution in [3.8, 4) is 5.69 Å². The standard InChI is InChI=1S/C21H17F4N3O3/c22-15-9-12-17(10-18(15)27-7-5-26-6-8-27)28(11-13(19(12)29)20(30)31)16-4-2-1-3-14(16)21(23,24)25/h1-4,9-11,26H,5-8H2,(H,30,31). The Labute approximate surface area is 173 Å². The molecule has 0 spiro atoms. The number of aromatic nitrogens is 1. The SMILES string of the molecule is O=C(O)c1cn(-c2ccccc2C(F)(F)F)c2cc(N3CCNCC3)c(F)cc2c1=O. The van der Waals surface area contributed by atoms with Gasteiger partial charge >= 0.3 is 12.1 Å². The number of pyridine rings is 1. The van der Waals surface area contributed by atoms with E-state index in [-0.39, 0.29) is 22.3 Å². The lowest BCUT2D eigenvalue weighted by Crippen LogP contribution is -2.43. The van der Waals surface area contributed by atoms with Gasteiger partial charge < -0.3 is 19.9 Å². The molecule has 1 aromatic heterocycles. The Morgan fingerprint density at radius 2 is 1.74 bits per heavy atom. The molecule has 0 amide bonds. The molecule has 31 heavy (non-hydrogen) atoms. The van der Waals surface area contributed by atoms with Crippen molar-refractivity contribution in [1.82, 2.24) is 9.88 Å². The molecular weight excluding hydrogens is 418 g/mol. The number of halogens is 4. The molecule has 4 rings (SSSR count). The van der Waals surface area contributed by atoms with E-state index >= 15 is 0 Å². The Morgan fingerprint density at radius 1 is 1.06 bits per heavy atom. The number of aromatic carboxylic acids is 1. The fraction of sp³-hybridized carbons (Fsp3) is 0.238. The number of nitrogens with zero attached hydrogens (tertiary/aromatic N) is 2. The highest BCUT2D eigenvalue weighted by Gasteiger charge is 2.34. The molecule has 2 N–H and O–H groups in total. The maximum Gasteiger partial charge on any atom is 0.418 e. The van der Waals surface area contributed by atoms with Crippen LogP contribution in [0.1, 0.15) is 15.9 Å². The predicted molar refractivity (Wildman–Crippen MR) is 107 cm³/mol. The van der Waals surface area contributed by atoms with Crippen molar-refractivity contribution < 1.29 is 27.5 Å². The smallest absolute Gasteiger partial charge is 0.418 e. The van der Waals surface area contributed by atoms with Gasteiger partial charge in [-0.2, -0.15) is 13.2 Å². The Kier molecular flexibility index (Phi) is 5.18. The summed E-state index contributed by atoms with van der Waals surface area (Å²) in [7, 11) is 0. The van der Waals surface area contributed by atoms with Crippen molar-refractivity contribution in [1.29, 1.82) is 0 Å². The van der Waals surface area contributed by atoms with Gasteiger partial charge in [0, 0.05) is 37.8 Å². The van der Waals surface area contributed by atoms with Crippen LogP contribution in [0.15, 0.2) is 47.4 Å². The molecule has 2 heterocycles. The molecule has 2 aromatic carbocycles. The van der Waals surface area contributed by atoms with Crippen LogP contribution in [0.4, 0.5) is 23.2 Å². The summed E-state index contributed by atoms with van der Waals surface area (Å²) in [5.41, 5.74) is -2.96. The second-order valence-corrected chi connectivity index (χ2v) is 7.12. The third-order valence-corrected chi connectivity index (χ3v) is 5.23. The van der Waals surface area contributed by atoms with E-state index in [1.807, 2.05) is 0 Å². The first-order chi connectivity index (χ1) is 14.7. The topological polar surface area (TPSA) is 74.6 Å². The van der Waals surface area contributed by atoms with Crippen LogP contribution in [-0.4, -0.2) is 41.8 Å². The van der Waals surface area contributed by atoms with Crippen molar-refractivity contribution >= 4 is 22.6 Å². The van der Waals surface area contributed by atoms with E-state index < -0.39 is 34.5 Å². The fourth-order valence-electron chi connectivity index (χ4n) is 3.76. The van der Waals surface area contributed by atoms with E-state index in [2.05, 4.69) is 5.32 Å². The third kappa shape index (κ3) is 3.74. The Hall–Kier alpha value is -3.40. The molecule has 10 heteroatoms. The van der Waals surface area contributed by atoms with Crippen molar-refractivity contribution in [2.24, 2.45) is 0 Å². The van der Waals surface area contributed by atoms with Crippen LogP contribution >= 0.6 is 0 Å². The molecule has 162 valence electrons. The molecule has 1 aliphatic heterocycles. The quantitative estimate of drug-likeness (QED) is 0.618. The number of anilines is 1. The minimum atomic E-state index is -4.73. The lowest BCUT2D eigenvalue weighted by Gasteiger charge is -2.30. The Morgan fingerprint density at radius 3 is 2.39 bits per heavy atom. The second kappa shape index (κ2) is 7.69. The molecule has 1 saturated heterocycles. The first kappa shape index (κ1) is 20.9. The van der Waals surface area contributed by atoms with Gasteiger partial charge in [0.2, 0.25) is 5.43 Å². The van der Waals surface area contributed by atoms with E-state index in [0.29, 0.717) is 26.2 Å². The summed E-state index contributed by atoms with van der Waals surface area (Å²) in [6.07, 6.45) is -3.87. The van der Waals surface area contributed by atoms with Gasteiger partial charge in [0.15, 0.2) is 0 Å². The van der Waals surface area contributed by atoms with Crippen LogP contribution in [0.2, 0.25) is 0 Å². The van der Waals surface area contributed by atoms with Gasteiger partial charge in [-0.05, 0) is 24.3 Å². The van der Waals surface area contributed by atoms with Crippen LogP contribution < -0.4 is 15.6 Å². The van der Waals surface area contributed by atoms with Gasteiger partial charge in [0.25, 0.3) is 0 Å². The summed E-state index contributed by atoms with van der Waals surface area (Å²) in [5, 5.41) is 12.2. The molecule has 0 aliphatic carbocycles. The van der Waals surface area contributed by atoms with E-state index in [9.17, 15) is 32.3 Å². The molecule has 1 fully saturated rings. The average Bonchev–Trinajstić information content (AvgIpc) is 2.74. The molecule has 0 bridgehead atoms. The van der Waals surface area contributed by atoms with Crippen molar-refractivity contribution in [2.75, 3.05) is 31.1 Å². The zero-order valence-corrected chi connectivity index (χ0v) is 16.0. The molecule has 0 saturated carbocycles. The summed E-state index contributed by atoms with van der Waals surface area (Å²) in [6, 6.07) is 6.81.